The summed E-state index contributed by atoms with van der Waals surface area (Å²) in [5.74, 6) is -0.191. The molecule has 0 aromatic carbocycles. The van der Waals surface area contributed by atoms with Crippen molar-refractivity contribution < 1.29 is 4.79 Å². The molecule has 0 aliphatic carbocycles. The fourth-order valence-electron chi connectivity index (χ4n) is 3.03. The Morgan fingerprint density at radius 3 is 2.54 bits per heavy atom. The third-order valence-corrected chi connectivity index (χ3v) is 5.38. The predicted octanol–water partition coefficient (Wildman–Crippen LogP) is 2.57. The van der Waals surface area contributed by atoms with Gasteiger partial charge in [0.2, 0.25) is 5.95 Å². The minimum atomic E-state index is -0.656. The maximum atomic E-state index is 12.1. The van der Waals surface area contributed by atoms with Gasteiger partial charge in [-0.3, -0.25) is 4.79 Å². The van der Waals surface area contributed by atoms with Crippen molar-refractivity contribution in [3.63, 3.8) is 0 Å². The molecule has 1 aliphatic heterocycles. The zero-order chi connectivity index (χ0) is 19.1. The van der Waals surface area contributed by atoms with Gasteiger partial charge < -0.3 is 16.4 Å². The summed E-state index contributed by atoms with van der Waals surface area (Å²) in [7, 11) is 0. The van der Waals surface area contributed by atoms with E-state index < -0.39 is 5.91 Å². The van der Waals surface area contributed by atoms with Gasteiger partial charge >= 0.3 is 0 Å². The van der Waals surface area contributed by atoms with Crippen LogP contribution in [0.15, 0.2) is 12.3 Å². The van der Waals surface area contributed by atoms with E-state index in [4.69, 9.17) is 34.7 Å². The van der Waals surface area contributed by atoms with E-state index in [1.807, 2.05) is 11.8 Å². The zero-order valence-corrected chi connectivity index (χ0v) is 16.1. The molecule has 2 aromatic rings. The molecular formula is C17H20Cl2N6O. The SMILES string of the molecule is Cc1nc(N2CCC(C)(N)CC2)nc(C(N)=O)c1-c1ccnc(Cl)c1Cl. The predicted molar refractivity (Wildman–Crippen MR) is 103 cm³/mol. The summed E-state index contributed by atoms with van der Waals surface area (Å²) in [5.41, 5.74) is 13.3. The van der Waals surface area contributed by atoms with Gasteiger partial charge in [-0.2, -0.15) is 0 Å². The number of nitrogens with two attached hydrogens (primary N) is 2. The highest BCUT2D eigenvalue weighted by Crippen LogP contribution is 2.36. The van der Waals surface area contributed by atoms with E-state index in [2.05, 4.69) is 15.0 Å². The van der Waals surface area contributed by atoms with Crippen molar-refractivity contribution in [2.45, 2.75) is 32.2 Å². The minimum Gasteiger partial charge on any atom is -0.364 e. The van der Waals surface area contributed by atoms with Crippen LogP contribution in [0.5, 0.6) is 0 Å². The standard InChI is InChI=1S/C17H20Cl2N6O/c1-9-11(10-3-6-22-14(19)12(10)18)13(15(20)26)24-16(23-9)25-7-4-17(2,21)5-8-25/h3,6H,4-5,7-8,21H2,1-2H3,(H2,20,26). The average molecular weight is 395 g/mol. The molecule has 4 N–H and O–H groups in total. The van der Waals surface area contributed by atoms with Crippen LogP contribution in [0, 0.1) is 6.92 Å². The maximum Gasteiger partial charge on any atom is 0.268 e. The van der Waals surface area contributed by atoms with Gasteiger partial charge in [0.05, 0.1) is 10.7 Å². The first kappa shape index (κ1) is 18.8. The summed E-state index contributed by atoms with van der Waals surface area (Å²) in [4.78, 5) is 27.0. The second-order valence-electron chi connectivity index (χ2n) is 6.80. The molecule has 7 nitrogen and oxygen atoms in total. The first-order valence-corrected chi connectivity index (χ1v) is 8.98. The smallest absolute Gasteiger partial charge is 0.268 e. The Balaban J connectivity index is 2.08. The first-order valence-electron chi connectivity index (χ1n) is 8.22. The molecule has 3 heterocycles. The molecule has 1 aliphatic rings. The van der Waals surface area contributed by atoms with Gasteiger partial charge in [-0.05, 0) is 32.8 Å². The number of hydrogen-bond donors (Lipinski definition) is 2. The second-order valence-corrected chi connectivity index (χ2v) is 7.54. The number of carbonyl (C=O) groups is 1. The molecule has 0 atom stereocenters. The highest BCUT2D eigenvalue weighted by atomic mass is 35.5. The molecule has 0 saturated carbocycles. The Hall–Kier alpha value is -1.96. The van der Waals surface area contributed by atoms with Crippen molar-refractivity contribution in [1.82, 2.24) is 15.0 Å². The van der Waals surface area contributed by atoms with Crippen LogP contribution < -0.4 is 16.4 Å². The van der Waals surface area contributed by atoms with E-state index in [9.17, 15) is 4.79 Å². The lowest BCUT2D eigenvalue weighted by molar-refractivity contribution is 0.0996. The molecular weight excluding hydrogens is 375 g/mol. The molecule has 0 bridgehead atoms. The van der Waals surface area contributed by atoms with Crippen LogP contribution in [0.2, 0.25) is 10.2 Å². The lowest BCUT2D eigenvalue weighted by Gasteiger charge is -2.37. The monoisotopic (exact) mass is 394 g/mol. The van der Waals surface area contributed by atoms with E-state index in [1.54, 1.807) is 13.0 Å². The number of nitrogens with zero attached hydrogens (tertiary/aromatic N) is 4. The van der Waals surface area contributed by atoms with Gasteiger partial charge in [0.25, 0.3) is 5.91 Å². The van der Waals surface area contributed by atoms with Crippen LogP contribution in [-0.2, 0) is 0 Å². The van der Waals surface area contributed by atoms with Crippen molar-refractivity contribution in [2.75, 3.05) is 18.0 Å². The van der Waals surface area contributed by atoms with Gasteiger partial charge in [-0.1, -0.05) is 23.2 Å². The average Bonchev–Trinajstić information content (AvgIpc) is 2.57. The van der Waals surface area contributed by atoms with Crippen molar-refractivity contribution in [2.24, 2.45) is 11.5 Å². The lowest BCUT2D eigenvalue weighted by Crippen LogP contribution is -2.48. The minimum absolute atomic E-state index is 0.109. The number of piperidine rings is 1. The molecule has 138 valence electrons. The Labute approximate surface area is 161 Å². The topological polar surface area (TPSA) is 111 Å². The lowest BCUT2D eigenvalue weighted by atomic mass is 9.91. The van der Waals surface area contributed by atoms with Crippen LogP contribution in [0.25, 0.3) is 11.1 Å². The zero-order valence-electron chi connectivity index (χ0n) is 14.6. The first-order chi connectivity index (χ1) is 12.2. The van der Waals surface area contributed by atoms with E-state index in [-0.39, 0.29) is 21.4 Å². The number of hydrogen-bond acceptors (Lipinski definition) is 6. The molecule has 9 heteroatoms. The largest absolute Gasteiger partial charge is 0.364 e. The fourth-order valence-corrected chi connectivity index (χ4v) is 3.39. The quantitative estimate of drug-likeness (QED) is 0.773. The summed E-state index contributed by atoms with van der Waals surface area (Å²) in [6.45, 7) is 5.25. The molecule has 26 heavy (non-hydrogen) atoms. The number of aryl methyl sites for hydroxylation is 1. The van der Waals surface area contributed by atoms with Gasteiger partial charge in [0, 0.05) is 36.0 Å². The fraction of sp³-hybridized carbons (Fsp3) is 0.412. The summed E-state index contributed by atoms with van der Waals surface area (Å²) < 4.78 is 0. The molecule has 3 rings (SSSR count). The van der Waals surface area contributed by atoms with Crippen LogP contribution in [0.1, 0.15) is 35.9 Å². The Morgan fingerprint density at radius 2 is 1.92 bits per heavy atom. The third-order valence-electron chi connectivity index (χ3n) is 4.62. The van der Waals surface area contributed by atoms with Crippen LogP contribution in [0.4, 0.5) is 5.95 Å². The number of halogens is 2. The summed E-state index contributed by atoms with van der Waals surface area (Å²) >= 11 is 12.3. The highest BCUT2D eigenvalue weighted by molar-refractivity contribution is 6.43. The van der Waals surface area contributed by atoms with Crippen molar-refractivity contribution in [1.29, 1.82) is 0 Å². The molecule has 2 aromatic heterocycles. The number of aromatic nitrogens is 3. The Morgan fingerprint density at radius 1 is 1.27 bits per heavy atom. The number of primary amides is 1. The molecule has 0 spiro atoms. The van der Waals surface area contributed by atoms with Crippen molar-refractivity contribution >= 4 is 35.1 Å². The Kier molecular flexibility index (Phi) is 5.05. The van der Waals surface area contributed by atoms with Crippen LogP contribution in [-0.4, -0.2) is 39.5 Å². The van der Waals surface area contributed by atoms with Crippen LogP contribution in [0.3, 0.4) is 0 Å². The number of anilines is 1. The molecule has 1 fully saturated rings. The van der Waals surface area contributed by atoms with Crippen LogP contribution >= 0.6 is 23.2 Å². The molecule has 0 unspecified atom stereocenters. The third kappa shape index (κ3) is 3.60. The number of amides is 1. The summed E-state index contributed by atoms with van der Waals surface area (Å²) in [6.07, 6.45) is 3.14. The number of rotatable bonds is 3. The van der Waals surface area contributed by atoms with Gasteiger partial charge in [-0.25, -0.2) is 15.0 Å². The van der Waals surface area contributed by atoms with E-state index in [1.165, 1.54) is 6.20 Å². The molecule has 1 amide bonds. The summed E-state index contributed by atoms with van der Waals surface area (Å²) in [5, 5.41) is 0.370. The van der Waals surface area contributed by atoms with E-state index in [0.717, 1.165) is 12.8 Å². The Bertz CT molecular complexity index is 861. The molecule has 0 radical (unpaired) electrons. The second kappa shape index (κ2) is 6.98. The molecule has 1 saturated heterocycles. The van der Waals surface area contributed by atoms with E-state index >= 15 is 0 Å². The van der Waals surface area contributed by atoms with Crippen molar-refractivity contribution in [3.8, 4) is 11.1 Å². The normalized spacial score (nSPS) is 16.6. The van der Waals surface area contributed by atoms with Gasteiger partial charge in [0.1, 0.15) is 10.8 Å². The maximum absolute atomic E-state index is 12.1. The summed E-state index contributed by atoms with van der Waals surface area (Å²) in [6, 6.07) is 1.66. The number of carbonyl (C=O) groups excluding carboxylic acids is 1. The van der Waals surface area contributed by atoms with Gasteiger partial charge in [0.15, 0.2) is 0 Å². The van der Waals surface area contributed by atoms with Gasteiger partial charge in [-0.15, -0.1) is 0 Å². The van der Waals surface area contributed by atoms with E-state index in [0.29, 0.717) is 35.9 Å². The highest BCUT2D eigenvalue weighted by Gasteiger charge is 2.29. The van der Waals surface area contributed by atoms with Crippen molar-refractivity contribution in [3.05, 3.63) is 33.8 Å². The number of pyridine rings is 1.